The fourth-order valence-corrected chi connectivity index (χ4v) is 5.40. The van der Waals surface area contributed by atoms with Gasteiger partial charge in [0.05, 0.1) is 0 Å². The Labute approximate surface area is 291 Å². The third-order valence-corrected chi connectivity index (χ3v) is 7.63. The Morgan fingerprint density at radius 2 is 0.469 bits per heavy atom. The molecule has 0 aromatic carbocycles. The molecule has 0 aliphatic heterocycles. The van der Waals surface area contributed by atoms with Gasteiger partial charge in [-0.3, -0.25) is 0 Å². The minimum atomic E-state index is -5.97. The topological polar surface area (TPSA) is 332 Å². The summed E-state index contributed by atoms with van der Waals surface area (Å²) in [6, 6.07) is 0. The van der Waals surface area contributed by atoms with Gasteiger partial charge in [0.25, 0.3) is 0 Å². The standard InChI is InChI=1S/4C6H16N2O4.Ti/c4*1-6(12-11,7-2-4-9)8-3-5-10;/h4*7-11H,2-5H2,1H3;/q;;;;+4/p-4. The van der Waals surface area contributed by atoms with E-state index in [1.54, 1.807) is 0 Å². The van der Waals surface area contributed by atoms with Crippen LogP contribution < -0.4 is 42.5 Å². The monoisotopic (exact) mass is 764 g/mol. The molecule has 0 aromatic rings. The van der Waals surface area contributed by atoms with Crippen molar-refractivity contribution in [3.63, 3.8) is 0 Å². The van der Waals surface area contributed by atoms with Crippen LogP contribution in [0.4, 0.5) is 0 Å². The summed E-state index contributed by atoms with van der Waals surface area (Å²) in [5, 5.41) is 97.9. The van der Waals surface area contributed by atoms with E-state index in [0.717, 1.165) is 0 Å². The van der Waals surface area contributed by atoms with Crippen molar-refractivity contribution in [1.29, 1.82) is 0 Å². The van der Waals surface area contributed by atoms with E-state index in [4.69, 9.17) is 33.4 Å². The van der Waals surface area contributed by atoms with Crippen LogP contribution in [0, 0.1) is 0 Å². The number of aliphatic hydroxyl groups is 8. The van der Waals surface area contributed by atoms with E-state index >= 15 is 0 Å². The quantitative estimate of drug-likeness (QED) is 0.0122. The summed E-state index contributed by atoms with van der Waals surface area (Å²) in [6.07, 6.45) is 0. The Bertz CT molecular complexity index is 648. The van der Waals surface area contributed by atoms with E-state index < -0.39 is 41.5 Å². The summed E-state index contributed by atoms with van der Waals surface area (Å²) in [5.41, 5.74) is 0. The van der Waals surface area contributed by atoms with Crippen LogP contribution in [0.2, 0.25) is 0 Å². The van der Waals surface area contributed by atoms with Crippen LogP contribution in [0.3, 0.4) is 0 Å². The molecule has 0 atom stereocenters. The van der Waals surface area contributed by atoms with Crippen LogP contribution in [0.25, 0.3) is 0 Å². The number of aliphatic hydroxyl groups excluding tert-OH is 8. The average Bonchev–Trinajstić information content (AvgIpc) is 3.11. The molecule has 49 heavy (non-hydrogen) atoms. The molecule has 0 saturated carbocycles. The fraction of sp³-hybridized carbons (Fsp3) is 1.00. The maximum absolute atomic E-state index is 9.42. The molecular formula is C24H60N8O16Ti. The molecular weight excluding hydrogens is 704 g/mol. The van der Waals surface area contributed by atoms with Crippen LogP contribution in [0.15, 0.2) is 0 Å². The van der Waals surface area contributed by atoms with E-state index in [1.165, 1.54) is 27.7 Å². The van der Waals surface area contributed by atoms with Crippen LogP contribution in [-0.2, 0) is 51.6 Å². The van der Waals surface area contributed by atoms with E-state index in [1.807, 2.05) is 0 Å². The summed E-state index contributed by atoms with van der Waals surface area (Å²) in [6.45, 7) is 2.88. The maximum atomic E-state index is 9.42. The molecule has 0 radical (unpaired) electrons. The third kappa shape index (κ3) is 21.8. The molecule has 0 aromatic heterocycles. The predicted molar refractivity (Wildman–Crippen MR) is 163 cm³/mol. The van der Waals surface area contributed by atoms with E-state index in [-0.39, 0.29) is 105 Å². The zero-order valence-electron chi connectivity index (χ0n) is 28.7. The third-order valence-electron chi connectivity index (χ3n) is 5.83. The molecule has 25 heteroatoms. The normalized spacial score (nSPS) is 13.5. The van der Waals surface area contributed by atoms with Gasteiger partial charge in [-0.1, -0.05) is 0 Å². The Hall–Kier alpha value is -0.246. The van der Waals surface area contributed by atoms with Crippen molar-refractivity contribution in [2.24, 2.45) is 0 Å². The first kappa shape index (κ1) is 48.8. The average molecular weight is 765 g/mol. The van der Waals surface area contributed by atoms with Crippen molar-refractivity contribution < 1.29 is 92.4 Å². The predicted octanol–water partition coefficient (Wildman–Crippen LogP) is -7.06. The Morgan fingerprint density at radius 3 is 0.592 bits per heavy atom. The number of hydrogen-bond acceptors (Lipinski definition) is 24. The number of rotatable bonds is 36. The SMILES string of the molecule is CC(NCCO)(NCCO)O[O][Ti]([O]OC(C)(NCCO)NCCO)([O]OC(C)(NCCO)NCCO)[O]OC(C)(NCCO)NCCO. The Kier molecular flexibility index (Phi) is 27.2. The molecule has 296 valence electrons. The molecule has 0 aliphatic carbocycles. The zero-order chi connectivity index (χ0) is 37.1. The van der Waals surface area contributed by atoms with Gasteiger partial charge >= 0.3 is 291 Å². The number of hydrogen-bond donors (Lipinski definition) is 16. The summed E-state index contributed by atoms with van der Waals surface area (Å²) in [7, 11) is 0. The van der Waals surface area contributed by atoms with Crippen LogP contribution in [-0.4, -0.2) is 169 Å². The summed E-state index contributed by atoms with van der Waals surface area (Å²) < 4.78 is 22.8. The van der Waals surface area contributed by atoms with Crippen LogP contribution >= 0.6 is 0 Å². The molecule has 0 unspecified atom stereocenters. The van der Waals surface area contributed by atoms with Crippen molar-refractivity contribution in [2.45, 2.75) is 51.1 Å². The van der Waals surface area contributed by atoms with Crippen molar-refractivity contribution in [2.75, 3.05) is 105 Å². The summed E-state index contributed by atoms with van der Waals surface area (Å²) >= 11 is -5.97. The Morgan fingerprint density at radius 1 is 0.327 bits per heavy atom. The van der Waals surface area contributed by atoms with Crippen molar-refractivity contribution >= 4 is 0 Å². The van der Waals surface area contributed by atoms with Gasteiger partial charge in [0, 0.05) is 0 Å². The van der Waals surface area contributed by atoms with Gasteiger partial charge < -0.3 is 0 Å². The van der Waals surface area contributed by atoms with Crippen molar-refractivity contribution in [1.82, 2.24) is 42.5 Å². The molecule has 0 fully saturated rings. The molecule has 0 spiro atoms. The van der Waals surface area contributed by atoms with Crippen molar-refractivity contribution in [3.05, 3.63) is 0 Å². The zero-order valence-corrected chi connectivity index (χ0v) is 30.2. The van der Waals surface area contributed by atoms with Gasteiger partial charge in [-0.15, -0.1) is 0 Å². The second-order valence-corrected chi connectivity index (χ2v) is 13.1. The summed E-state index contributed by atoms with van der Waals surface area (Å²) in [4.78, 5) is 22.6. The van der Waals surface area contributed by atoms with Gasteiger partial charge in [-0.2, -0.15) is 0 Å². The first-order valence-corrected chi connectivity index (χ1v) is 18.2. The second-order valence-electron chi connectivity index (χ2n) is 10.5. The minimum absolute atomic E-state index is 0.0267. The Balaban J connectivity index is 6.97. The first-order chi connectivity index (χ1) is 23.3. The molecule has 0 rings (SSSR count). The molecule has 0 amide bonds. The molecule has 0 aliphatic rings. The van der Waals surface area contributed by atoms with Crippen molar-refractivity contribution in [3.8, 4) is 0 Å². The molecule has 0 saturated heterocycles. The van der Waals surface area contributed by atoms with Gasteiger partial charge in [0.1, 0.15) is 0 Å². The number of nitrogens with one attached hydrogen (secondary N) is 8. The summed E-state index contributed by atoms with van der Waals surface area (Å²) in [5.74, 6) is -6.70. The molecule has 24 nitrogen and oxygen atoms in total. The van der Waals surface area contributed by atoms with Gasteiger partial charge in [0.2, 0.25) is 0 Å². The van der Waals surface area contributed by atoms with E-state index in [9.17, 15) is 40.9 Å². The molecule has 0 bridgehead atoms. The molecule has 16 N–H and O–H groups in total. The first-order valence-electron chi connectivity index (χ1n) is 15.7. The second kappa shape index (κ2) is 27.4. The molecule has 0 heterocycles. The van der Waals surface area contributed by atoms with Crippen LogP contribution in [0.5, 0.6) is 0 Å². The van der Waals surface area contributed by atoms with E-state index in [0.29, 0.717) is 0 Å². The fourth-order valence-electron chi connectivity index (χ4n) is 3.46. The van der Waals surface area contributed by atoms with Crippen LogP contribution in [0.1, 0.15) is 27.7 Å². The van der Waals surface area contributed by atoms with Gasteiger partial charge in [-0.25, -0.2) is 0 Å². The van der Waals surface area contributed by atoms with Gasteiger partial charge in [0.15, 0.2) is 0 Å². The van der Waals surface area contributed by atoms with E-state index in [2.05, 4.69) is 42.5 Å². The van der Waals surface area contributed by atoms with Gasteiger partial charge in [-0.05, 0) is 0 Å².